The van der Waals surface area contributed by atoms with Gasteiger partial charge in [0.1, 0.15) is 11.6 Å². The third-order valence-electron chi connectivity index (χ3n) is 2.03. The van der Waals surface area contributed by atoms with E-state index >= 15 is 0 Å². The van der Waals surface area contributed by atoms with E-state index in [1.165, 1.54) is 18.2 Å². The van der Waals surface area contributed by atoms with Crippen LogP contribution in [0, 0.1) is 11.6 Å². The van der Waals surface area contributed by atoms with E-state index in [1.807, 2.05) is 0 Å². The van der Waals surface area contributed by atoms with Crippen LogP contribution < -0.4 is 5.32 Å². The third-order valence-corrected chi connectivity index (χ3v) is 2.31. The molecule has 0 saturated carbocycles. The van der Waals surface area contributed by atoms with Crippen LogP contribution in [0.2, 0.25) is 0 Å². The zero-order valence-electron chi connectivity index (χ0n) is 8.36. The summed E-state index contributed by atoms with van der Waals surface area (Å²) < 4.78 is 27.4. The van der Waals surface area contributed by atoms with Gasteiger partial charge in [-0.2, -0.15) is 0 Å². The first-order valence-electron chi connectivity index (χ1n) is 4.53. The maximum Gasteiger partial charge on any atom is 0.130 e. The Bertz CT molecular complexity index is 345. The molecule has 1 aromatic carbocycles. The summed E-state index contributed by atoms with van der Waals surface area (Å²) >= 11 is 3.17. The molecule has 0 saturated heterocycles. The maximum atomic E-state index is 13.3. The van der Waals surface area contributed by atoms with E-state index in [-0.39, 0.29) is 11.6 Å². The largest absolute Gasteiger partial charge is 0.305 e. The van der Waals surface area contributed by atoms with E-state index in [9.17, 15) is 8.78 Å². The fourth-order valence-electron chi connectivity index (χ4n) is 1.29. The van der Waals surface area contributed by atoms with Crippen LogP contribution in [0.4, 0.5) is 8.78 Å². The van der Waals surface area contributed by atoms with E-state index in [0.29, 0.717) is 6.54 Å². The monoisotopic (exact) mass is 275 g/mol. The predicted octanol–water partition coefficient (Wildman–Crippen LogP) is 3.52. The Balaban J connectivity index is 2.81. The van der Waals surface area contributed by atoms with Gasteiger partial charge in [-0.05, 0) is 19.1 Å². The number of nitrogens with one attached hydrogen (secondary N) is 1. The van der Waals surface area contributed by atoms with E-state index in [4.69, 9.17) is 0 Å². The lowest BCUT2D eigenvalue weighted by Gasteiger charge is -2.15. The Morgan fingerprint density at radius 2 is 2.00 bits per heavy atom. The highest BCUT2D eigenvalue weighted by Gasteiger charge is 2.14. The molecule has 0 spiro atoms. The van der Waals surface area contributed by atoms with Gasteiger partial charge in [-0.15, -0.1) is 0 Å². The topological polar surface area (TPSA) is 12.0 Å². The van der Waals surface area contributed by atoms with Crippen LogP contribution in [-0.4, -0.2) is 6.54 Å². The first-order chi connectivity index (χ1) is 7.02. The summed E-state index contributed by atoms with van der Waals surface area (Å²) in [6.07, 6.45) is 0. The molecule has 0 fully saturated rings. The van der Waals surface area contributed by atoms with Crippen molar-refractivity contribution in [2.75, 3.05) is 6.54 Å². The lowest BCUT2D eigenvalue weighted by molar-refractivity contribution is 0.501. The van der Waals surface area contributed by atoms with Crippen LogP contribution >= 0.6 is 15.9 Å². The van der Waals surface area contributed by atoms with Crippen molar-refractivity contribution in [3.8, 4) is 0 Å². The van der Waals surface area contributed by atoms with Gasteiger partial charge in [-0.25, -0.2) is 8.78 Å². The molecule has 1 rings (SSSR count). The summed E-state index contributed by atoms with van der Waals surface area (Å²) in [7, 11) is 0. The molecule has 0 aliphatic heterocycles. The number of benzene rings is 1. The Morgan fingerprint density at radius 1 is 1.47 bits per heavy atom. The minimum Gasteiger partial charge on any atom is -0.305 e. The Hall–Kier alpha value is -0.740. The Kier molecular flexibility index (Phi) is 4.42. The van der Waals surface area contributed by atoms with Gasteiger partial charge < -0.3 is 5.32 Å². The quantitative estimate of drug-likeness (QED) is 0.887. The molecule has 0 amide bonds. The minimum atomic E-state index is -0.532. The third kappa shape index (κ3) is 3.39. The van der Waals surface area contributed by atoms with E-state index in [1.54, 1.807) is 6.92 Å². The molecule has 0 aliphatic carbocycles. The fourth-order valence-corrected chi connectivity index (χ4v) is 1.45. The summed E-state index contributed by atoms with van der Waals surface area (Å²) in [6, 6.07) is 3.46. The van der Waals surface area contributed by atoms with Crippen LogP contribution in [0.5, 0.6) is 0 Å². The second-order valence-corrected chi connectivity index (χ2v) is 4.38. The molecule has 15 heavy (non-hydrogen) atoms. The first-order valence-corrected chi connectivity index (χ1v) is 5.32. The van der Waals surface area contributed by atoms with Crippen molar-refractivity contribution in [2.24, 2.45) is 0 Å². The van der Waals surface area contributed by atoms with Crippen LogP contribution in [0.1, 0.15) is 18.5 Å². The van der Waals surface area contributed by atoms with Crippen molar-refractivity contribution < 1.29 is 8.78 Å². The molecule has 82 valence electrons. The lowest BCUT2D eigenvalue weighted by atomic mass is 10.1. The summed E-state index contributed by atoms with van der Waals surface area (Å²) in [5, 5.41) is 2.95. The summed E-state index contributed by atoms with van der Waals surface area (Å²) in [4.78, 5) is 0. The predicted molar refractivity (Wildman–Crippen MR) is 60.8 cm³/mol. The molecule has 1 N–H and O–H groups in total. The van der Waals surface area contributed by atoms with Gasteiger partial charge in [0.15, 0.2) is 0 Å². The highest BCUT2D eigenvalue weighted by molar-refractivity contribution is 9.11. The summed E-state index contributed by atoms with van der Waals surface area (Å²) in [5.74, 6) is -1.06. The average molecular weight is 276 g/mol. The fraction of sp³-hybridized carbons (Fsp3) is 0.273. The molecule has 0 heterocycles. The number of halogens is 3. The highest BCUT2D eigenvalue weighted by atomic mass is 79.9. The zero-order chi connectivity index (χ0) is 11.4. The molecule has 0 aromatic heterocycles. The SMILES string of the molecule is C=C(Br)CNC(C)c1c(F)cccc1F. The van der Waals surface area contributed by atoms with E-state index < -0.39 is 11.6 Å². The normalized spacial score (nSPS) is 12.5. The standard InChI is InChI=1S/C11H12BrF2N/c1-7(12)6-15-8(2)11-9(13)4-3-5-10(11)14/h3-5,8,15H,1,6H2,2H3. The van der Waals surface area contributed by atoms with Gasteiger partial charge in [0.2, 0.25) is 0 Å². The van der Waals surface area contributed by atoms with Crippen molar-refractivity contribution in [3.05, 3.63) is 46.5 Å². The molecule has 4 heteroatoms. The van der Waals surface area contributed by atoms with Crippen molar-refractivity contribution >= 4 is 15.9 Å². The molecular weight excluding hydrogens is 264 g/mol. The van der Waals surface area contributed by atoms with E-state index in [2.05, 4.69) is 27.8 Å². The highest BCUT2D eigenvalue weighted by Crippen LogP contribution is 2.20. The second-order valence-electron chi connectivity index (χ2n) is 3.26. The van der Waals surface area contributed by atoms with Gasteiger partial charge >= 0.3 is 0 Å². The number of hydrogen-bond acceptors (Lipinski definition) is 1. The summed E-state index contributed by atoms with van der Waals surface area (Å²) in [6.45, 7) is 5.81. The van der Waals surface area contributed by atoms with Crippen LogP contribution in [0.15, 0.2) is 29.3 Å². The van der Waals surface area contributed by atoms with Crippen molar-refractivity contribution in [3.63, 3.8) is 0 Å². The Labute approximate surface area is 96.3 Å². The number of hydrogen-bond donors (Lipinski definition) is 1. The van der Waals surface area contributed by atoms with Gasteiger partial charge in [0.25, 0.3) is 0 Å². The van der Waals surface area contributed by atoms with Crippen molar-refractivity contribution in [2.45, 2.75) is 13.0 Å². The molecule has 1 aromatic rings. The van der Waals surface area contributed by atoms with Crippen LogP contribution in [-0.2, 0) is 0 Å². The molecule has 0 bridgehead atoms. The smallest absolute Gasteiger partial charge is 0.130 e. The molecule has 0 aliphatic rings. The van der Waals surface area contributed by atoms with Crippen molar-refractivity contribution in [1.29, 1.82) is 0 Å². The van der Waals surface area contributed by atoms with Gasteiger partial charge in [-0.3, -0.25) is 0 Å². The van der Waals surface area contributed by atoms with Gasteiger partial charge in [0.05, 0.1) is 0 Å². The lowest BCUT2D eigenvalue weighted by Crippen LogP contribution is -2.21. The van der Waals surface area contributed by atoms with Crippen LogP contribution in [0.3, 0.4) is 0 Å². The van der Waals surface area contributed by atoms with Crippen LogP contribution in [0.25, 0.3) is 0 Å². The summed E-state index contributed by atoms with van der Waals surface area (Å²) in [5.41, 5.74) is 0.0613. The molecule has 1 unspecified atom stereocenters. The number of rotatable bonds is 4. The minimum absolute atomic E-state index is 0.0613. The Morgan fingerprint density at radius 3 is 2.47 bits per heavy atom. The molecular formula is C11H12BrF2N. The first kappa shape index (κ1) is 12.3. The average Bonchev–Trinajstić information content (AvgIpc) is 2.14. The van der Waals surface area contributed by atoms with Gasteiger partial charge in [-0.1, -0.05) is 28.6 Å². The molecule has 1 nitrogen and oxygen atoms in total. The molecule has 1 atom stereocenters. The zero-order valence-corrected chi connectivity index (χ0v) is 9.94. The van der Waals surface area contributed by atoms with E-state index in [0.717, 1.165) is 4.48 Å². The molecule has 0 radical (unpaired) electrons. The van der Waals surface area contributed by atoms with Gasteiger partial charge in [0, 0.05) is 22.6 Å². The maximum absolute atomic E-state index is 13.3. The second kappa shape index (κ2) is 5.37. The van der Waals surface area contributed by atoms with Crippen molar-refractivity contribution in [1.82, 2.24) is 5.32 Å².